The van der Waals surface area contributed by atoms with Crippen molar-refractivity contribution in [1.29, 1.82) is 5.26 Å². The van der Waals surface area contributed by atoms with Crippen molar-refractivity contribution in [3.05, 3.63) is 47.0 Å². The fourth-order valence-electron chi connectivity index (χ4n) is 1.53. The maximum absolute atomic E-state index is 12.8. The van der Waals surface area contributed by atoms with Crippen molar-refractivity contribution in [2.75, 3.05) is 0 Å². The van der Waals surface area contributed by atoms with E-state index in [4.69, 9.17) is 16.9 Å². The van der Waals surface area contributed by atoms with E-state index in [0.29, 0.717) is 10.6 Å². The number of benzene rings is 1. The fraction of sp³-hybridized carbons (Fsp3) is 0.167. The SMILES string of the molecule is N#CC1(C(F)(F)F)C=CC(c2ccc(Cl)cc2)=N1. The standard InChI is InChI=1S/C12H6ClF3N2/c13-9-3-1-8(2-4-9)10-5-6-11(7-17,18-10)12(14,15)16/h1-6H. The van der Waals surface area contributed by atoms with Crippen LogP contribution in [0.1, 0.15) is 5.56 Å². The molecule has 18 heavy (non-hydrogen) atoms. The van der Waals surface area contributed by atoms with Crippen LogP contribution in [0, 0.1) is 11.3 Å². The van der Waals surface area contributed by atoms with Crippen molar-refractivity contribution in [3.8, 4) is 6.07 Å². The molecule has 0 saturated carbocycles. The molecule has 1 aromatic rings. The third-order valence-electron chi connectivity index (χ3n) is 2.52. The van der Waals surface area contributed by atoms with Crippen molar-refractivity contribution in [2.24, 2.45) is 4.99 Å². The van der Waals surface area contributed by atoms with Gasteiger partial charge in [-0.1, -0.05) is 23.7 Å². The summed E-state index contributed by atoms with van der Waals surface area (Å²) in [6, 6.07) is 7.40. The van der Waals surface area contributed by atoms with E-state index < -0.39 is 11.7 Å². The van der Waals surface area contributed by atoms with Crippen LogP contribution in [0.25, 0.3) is 0 Å². The molecule has 2 rings (SSSR count). The minimum Gasteiger partial charge on any atom is -0.249 e. The minimum atomic E-state index is -4.73. The summed E-state index contributed by atoms with van der Waals surface area (Å²) in [6.45, 7) is 0. The van der Waals surface area contributed by atoms with E-state index in [2.05, 4.69) is 4.99 Å². The molecule has 1 heterocycles. The van der Waals surface area contributed by atoms with Crippen LogP contribution in [0.5, 0.6) is 0 Å². The Morgan fingerprint density at radius 1 is 1.22 bits per heavy atom. The molecule has 1 unspecified atom stereocenters. The van der Waals surface area contributed by atoms with Gasteiger partial charge in [-0.25, -0.2) is 4.99 Å². The van der Waals surface area contributed by atoms with E-state index in [1.54, 1.807) is 24.3 Å². The lowest BCUT2D eigenvalue weighted by Gasteiger charge is -2.18. The molecule has 1 atom stereocenters. The van der Waals surface area contributed by atoms with Crippen LogP contribution >= 0.6 is 11.6 Å². The molecule has 0 amide bonds. The Morgan fingerprint density at radius 2 is 1.83 bits per heavy atom. The van der Waals surface area contributed by atoms with Crippen molar-refractivity contribution >= 4 is 17.3 Å². The lowest BCUT2D eigenvalue weighted by atomic mass is 10.0. The zero-order valence-electron chi connectivity index (χ0n) is 8.87. The van der Waals surface area contributed by atoms with E-state index in [-0.39, 0.29) is 5.71 Å². The monoisotopic (exact) mass is 270 g/mol. The first-order valence-electron chi connectivity index (χ1n) is 4.91. The zero-order valence-corrected chi connectivity index (χ0v) is 9.63. The average molecular weight is 271 g/mol. The van der Waals surface area contributed by atoms with Gasteiger partial charge >= 0.3 is 6.18 Å². The minimum absolute atomic E-state index is 0.116. The van der Waals surface area contributed by atoms with Gasteiger partial charge in [-0.2, -0.15) is 18.4 Å². The Labute approximate surface area is 106 Å². The van der Waals surface area contributed by atoms with Gasteiger partial charge in [-0.05, 0) is 29.8 Å². The smallest absolute Gasteiger partial charge is 0.249 e. The summed E-state index contributed by atoms with van der Waals surface area (Å²) >= 11 is 5.68. The Hall–Kier alpha value is -1.80. The van der Waals surface area contributed by atoms with Gasteiger partial charge in [0.25, 0.3) is 5.54 Å². The molecular weight excluding hydrogens is 265 g/mol. The topological polar surface area (TPSA) is 36.1 Å². The summed E-state index contributed by atoms with van der Waals surface area (Å²) in [4.78, 5) is 3.49. The van der Waals surface area contributed by atoms with Gasteiger partial charge in [0.2, 0.25) is 0 Å². The molecule has 0 bridgehead atoms. The van der Waals surface area contributed by atoms with Crippen LogP contribution in [0.2, 0.25) is 5.02 Å². The van der Waals surface area contributed by atoms with Crippen LogP contribution in [0.3, 0.4) is 0 Å². The highest BCUT2D eigenvalue weighted by Crippen LogP contribution is 2.38. The summed E-state index contributed by atoms with van der Waals surface area (Å²) in [5.74, 6) is 0. The number of alkyl halides is 3. The number of hydrogen-bond acceptors (Lipinski definition) is 2. The molecular formula is C12H6ClF3N2. The summed E-state index contributed by atoms with van der Waals surface area (Å²) in [7, 11) is 0. The molecule has 0 aliphatic carbocycles. The number of halogens is 4. The zero-order chi connectivity index (χ0) is 13.4. The third kappa shape index (κ3) is 2.00. The van der Waals surface area contributed by atoms with E-state index >= 15 is 0 Å². The highest BCUT2D eigenvalue weighted by molar-refractivity contribution is 6.30. The van der Waals surface area contributed by atoms with Gasteiger partial charge in [0.15, 0.2) is 0 Å². The van der Waals surface area contributed by atoms with Gasteiger partial charge in [0.05, 0.1) is 5.71 Å². The molecule has 1 aliphatic rings. The van der Waals surface area contributed by atoms with Crippen LogP contribution in [0.4, 0.5) is 13.2 Å². The van der Waals surface area contributed by atoms with Gasteiger partial charge in [0, 0.05) is 5.02 Å². The normalized spacial score (nSPS) is 22.7. The highest BCUT2D eigenvalue weighted by Gasteiger charge is 2.56. The second-order valence-corrected chi connectivity index (χ2v) is 4.15. The molecule has 6 heteroatoms. The summed E-state index contributed by atoms with van der Waals surface area (Å²) in [5, 5.41) is 9.19. The van der Waals surface area contributed by atoms with Gasteiger partial charge in [0.1, 0.15) is 6.07 Å². The van der Waals surface area contributed by atoms with Crippen molar-refractivity contribution in [2.45, 2.75) is 11.7 Å². The average Bonchev–Trinajstić information content (AvgIpc) is 2.75. The van der Waals surface area contributed by atoms with Crippen molar-refractivity contribution in [1.82, 2.24) is 0 Å². The Bertz CT molecular complexity index is 566. The van der Waals surface area contributed by atoms with E-state index in [9.17, 15) is 13.2 Å². The molecule has 0 saturated heterocycles. The molecule has 0 radical (unpaired) electrons. The molecule has 1 aromatic carbocycles. The second-order valence-electron chi connectivity index (χ2n) is 3.71. The second kappa shape index (κ2) is 4.14. The largest absolute Gasteiger partial charge is 0.430 e. The van der Waals surface area contributed by atoms with Crippen molar-refractivity contribution in [3.63, 3.8) is 0 Å². The van der Waals surface area contributed by atoms with E-state index in [1.165, 1.54) is 12.1 Å². The van der Waals surface area contributed by atoms with Crippen molar-refractivity contribution < 1.29 is 13.2 Å². The molecule has 1 aliphatic heterocycles. The maximum Gasteiger partial charge on any atom is 0.430 e. The molecule has 2 nitrogen and oxygen atoms in total. The Kier molecular flexibility index (Phi) is 2.91. The number of nitrogens with zero attached hydrogens (tertiary/aromatic N) is 2. The number of hydrogen-bond donors (Lipinski definition) is 0. The first kappa shape index (κ1) is 12.7. The van der Waals surface area contributed by atoms with Crippen LogP contribution < -0.4 is 0 Å². The lowest BCUT2D eigenvalue weighted by molar-refractivity contribution is -0.154. The predicted octanol–water partition coefficient (Wildman–Crippen LogP) is 3.52. The lowest BCUT2D eigenvalue weighted by Crippen LogP contribution is -2.39. The number of rotatable bonds is 1. The molecule has 0 aromatic heterocycles. The van der Waals surface area contributed by atoms with Gasteiger partial charge < -0.3 is 0 Å². The van der Waals surface area contributed by atoms with Gasteiger partial charge in [-0.3, -0.25) is 0 Å². The first-order valence-corrected chi connectivity index (χ1v) is 5.29. The molecule has 0 N–H and O–H groups in total. The summed E-state index contributed by atoms with van der Waals surface area (Å²) in [5.41, 5.74) is -2.18. The van der Waals surface area contributed by atoms with Crippen LogP contribution in [-0.2, 0) is 0 Å². The molecule has 0 fully saturated rings. The molecule has 92 valence electrons. The predicted molar refractivity (Wildman–Crippen MR) is 61.5 cm³/mol. The summed E-state index contributed by atoms with van der Waals surface area (Å²) < 4.78 is 38.3. The number of nitriles is 1. The van der Waals surface area contributed by atoms with E-state index in [0.717, 1.165) is 6.08 Å². The number of aliphatic imine (C=N–C) groups is 1. The quantitative estimate of drug-likeness (QED) is 0.769. The Morgan fingerprint density at radius 3 is 2.28 bits per heavy atom. The third-order valence-corrected chi connectivity index (χ3v) is 2.77. The Balaban J connectivity index is 2.43. The molecule has 0 spiro atoms. The fourth-order valence-corrected chi connectivity index (χ4v) is 1.66. The number of allylic oxidation sites excluding steroid dienone is 1. The van der Waals surface area contributed by atoms with E-state index in [1.807, 2.05) is 0 Å². The van der Waals surface area contributed by atoms with Crippen LogP contribution in [0.15, 0.2) is 41.4 Å². The maximum atomic E-state index is 12.8. The first-order chi connectivity index (χ1) is 8.38. The van der Waals surface area contributed by atoms with Crippen LogP contribution in [-0.4, -0.2) is 17.4 Å². The van der Waals surface area contributed by atoms with Gasteiger partial charge in [-0.15, -0.1) is 0 Å². The highest BCUT2D eigenvalue weighted by atomic mass is 35.5. The summed E-state index contributed by atoms with van der Waals surface area (Å²) in [6.07, 6.45) is -2.77.